The molecule has 9 rings (SSSR count). The van der Waals surface area contributed by atoms with Crippen LogP contribution in [0.3, 0.4) is 0 Å². The molecule has 4 saturated heterocycles. The molecule has 7 heterocycles. The molecule has 2 aromatic carbocycles. The van der Waals surface area contributed by atoms with E-state index in [0.717, 1.165) is 104 Å². The minimum atomic E-state index is 0.140. The quantitative estimate of drug-likeness (QED) is 0.190. The summed E-state index contributed by atoms with van der Waals surface area (Å²) in [4.78, 5) is 46.6. The van der Waals surface area contributed by atoms with E-state index in [-0.39, 0.29) is 22.6 Å². The van der Waals surface area contributed by atoms with E-state index < -0.39 is 0 Å². The van der Waals surface area contributed by atoms with Gasteiger partial charge in [-0.3, -0.25) is 24.4 Å². The first-order valence-corrected chi connectivity index (χ1v) is 19.1. The molecule has 0 atom stereocenters. The lowest BCUT2D eigenvalue weighted by atomic mass is 9.72. The van der Waals surface area contributed by atoms with Crippen molar-refractivity contribution in [3.05, 3.63) is 82.2 Å². The first kappa shape index (κ1) is 35.2. The highest BCUT2D eigenvalue weighted by Gasteiger charge is 2.53. The largest absolute Gasteiger partial charge is 0.480 e. The molecule has 5 aromatic rings. The number of benzene rings is 2. The van der Waals surface area contributed by atoms with Crippen molar-refractivity contribution in [3.63, 3.8) is 0 Å². The number of pyridine rings is 1. The second-order valence-electron chi connectivity index (χ2n) is 15.9. The van der Waals surface area contributed by atoms with Crippen LogP contribution in [0.4, 0.5) is 0 Å². The predicted octanol–water partition coefficient (Wildman–Crippen LogP) is 6.01. The Bertz CT molecular complexity index is 2330. The SMILES string of the molecule is COc1nc(-c2cccc(-c3cccc(-c4ccc5c(CN6CC7(C6)CN(C(C)=O)C7)cn(C)c5n4)c3Cl)c2Cl)cnc1CN1CC2(C1)CN(C(C)=O)C2. The smallest absolute Gasteiger partial charge is 0.237 e. The lowest BCUT2D eigenvalue weighted by Gasteiger charge is -2.60. The number of fused-ring (bicyclic) bond motifs is 1. The van der Waals surface area contributed by atoms with Crippen molar-refractivity contribution in [3.8, 4) is 39.5 Å². The van der Waals surface area contributed by atoms with Gasteiger partial charge in [-0.1, -0.05) is 59.6 Å². The number of carbonyl (C=O) groups is 2. The molecule has 4 fully saturated rings. The van der Waals surface area contributed by atoms with Gasteiger partial charge in [-0.2, -0.15) is 0 Å². The van der Waals surface area contributed by atoms with E-state index >= 15 is 0 Å². The van der Waals surface area contributed by atoms with Crippen LogP contribution in [-0.2, 0) is 29.7 Å². The molecule has 2 spiro atoms. The topological polar surface area (TPSA) is 99.9 Å². The Hall–Kier alpha value is -4.55. The molecule has 0 N–H and O–H groups in total. The lowest BCUT2D eigenvalue weighted by Crippen LogP contribution is -2.72. The number of aryl methyl sites for hydroxylation is 1. The number of rotatable bonds is 8. The van der Waals surface area contributed by atoms with Crippen molar-refractivity contribution in [1.29, 1.82) is 0 Å². The van der Waals surface area contributed by atoms with Gasteiger partial charge in [0.1, 0.15) is 11.3 Å². The highest BCUT2D eigenvalue weighted by molar-refractivity contribution is 6.39. The van der Waals surface area contributed by atoms with Crippen molar-refractivity contribution in [1.82, 2.24) is 39.1 Å². The number of aromatic nitrogens is 4. The summed E-state index contributed by atoms with van der Waals surface area (Å²) in [6, 6.07) is 16.0. The maximum Gasteiger partial charge on any atom is 0.237 e. The zero-order valence-electron chi connectivity index (χ0n) is 30.9. The summed E-state index contributed by atoms with van der Waals surface area (Å²) in [5, 5.41) is 2.21. The number of nitrogens with zero attached hydrogens (tertiary/aromatic N) is 8. The average Bonchev–Trinajstić information content (AvgIpc) is 3.39. The Kier molecular flexibility index (Phi) is 8.50. The van der Waals surface area contributed by atoms with Crippen molar-refractivity contribution in [2.45, 2.75) is 26.9 Å². The molecular formula is C41H42Cl2N8O3. The number of carbonyl (C=O) groups excluding carboxylic acids is 2. The summed E-state index contributed by atoms with van der Waals surface area (Å²) < 4.78 is 7.79. The zero-order chi connectivity index (χ0) is 37.5. The van der Waals surface area contributed by atoms with Crippen LogP contribution in [0.2, 0.25) is 10.0 Å². The van der Waals surface area contributed by atoms with Crippen LogP contribution in [0.5, 0.6) is 5.88 Å². The van der Waals surface area contributed by atoms with E-state index in [0.29, 0.717) is 28.2 Å². The van der Waals surface area contributed by atoms with Gasteiger partial charge in [-0.15, -0.1) is 0 Å². The minimum absolute atomic E-state index is 0.140. The first-order chi connectivity index (χ1) is 25.9. The molecule has 11 nitrogen and oxygen atoms in total. The monoisotopic (exact) mass is 764 g/mol. The van der Waals surface area contributed by atoms with E-state index in [4.69, 9.17) is 42.9 Å². The highest BCUT2D eigenvalue weighted by Crippen LogP contribution is 2.44. The van der Waals surface area contributed by atoms with Gasteiger partial charge in [-0.25, -0.2) is 9.97 Å². The molecule has 278 valence electrons. The van der Waals surface area contributed by atoms with E-state index in [1.54, 1.807) is 27.2 Å². The Morgan fingerprint density at radius 1 is 0.722 bits per heavy atom. The molecule has 54 heavy (non-hydrogen) atoms. The third-order valence-electron chi connectivity index (χ3n) is 11.7. The van der Waals surface area contributed by atoms with E-state index in [2.05, 4.69) is 26.6 Å². The molecule has 0 unspecified atom stereocenters. The fraction of sp³-hybridized carbons (Fsp3) is 0.390. The van der Waals surface area contributed by atoms with Gasteiger partial charge < -0.3 is 19.1 Å². The summed E-state index contributed by atoms with van der Waals surface area (Å²) in [5.41, 5.74) is 7.90. The number of hydrogen-bond donors (Lipinski definition) is 0. The van der Waals surface area contributed by atoms with Gasteiger partial charge in [0.05, 0.1) is 34.7 Å². The average molecular weight is 766 g/mol. The fourth-order valence-electron chi connectivity index (χ4n) is 9.14. The maximum atomic E-state index is 11.7. The van der Waals surface area contributed by atoms with E-state index in [9.17, 15) is 9.59 Å². The maximum absolute atomic E-state index is 11.7. The number of amides is 2. The predicted molar refractivity (Wildman–Crippen MR) is 209 cm³/mol. The normalized spacial score (nSPS) is 18.7. The molecule has 0 radical (unpaired) electrons. The molecular weight excluding hydrogens is 723 g/mol. The molecule has 0 aliphatic carbocycles. The third kappa shape index (κ3) is 5.92. The number of ether oxygens (including phenoxy) is 1. The molecule has 0 bridgehead atoms. The molecule has 2 amide bonds. The van der Waals surface area contributed by atoms with Crippen LogP contribution in [0.1, 0.15) is 25.1 Å². The fourth-order valence-corrected chi connectivity index (χ4v) is 9.79. The van der Waals surface area contributed by atoms with Crippen LogP contribution in [0, 0.1) is 10.8 Å². The second kappa shape index (κ2) is 13.0. The zero-order valence-corrected chi connectivity index (χ0v) is 32.4. The van der Waals surface area contributed by atoms with Crippen molar-refractivity contribution >= 4 is 46.0 Å². The van der Waals surface area contributed by atoms with Gasteiger partial charge in [0, 0.05) is 131 Å². The van der Waals surface area contributed by atoms with Crippen LogP contribution in [0.25, 0.3) is 44.7 Å². The van der Waals surface area contributed by atoms with Crippen LogP contribution in [-0.4, -0.2) is 110 Å². The van der Waals surface area contributed by atoms with Crippen LogP contribution < -0.4 is 4.74 Å². The number of halogens is 2. The Morgan fingerprint density at radius 2 is 1.26 bits per heavy atom. The van der Waals surface area contributed by atoms with E-state index in [1.807, 2.05) is 59.3 Å². The first-order valence-electron chi connectivity index (χ1n) is 18.3. The molecule has 0 saturated carbocycles. The summed E-state index contributed by atoms with van der Waals surface area (Å²) in [6.45, 7) is 12.0. The summed E-state index contributed by atoms with van der Waals surface area (Å²) in [7, 11) is 3.64. The van der Waals surface area contributed by atoms with Gasteiger partial charge in [0.15, 0.2) is 0 Å². The van der Waals surface area contributed by atoms with Gasteiger partial charge in [0.2, 0.25) is 17.7 Å². The Balaban J connectivity index is 0.926. The summed E-state index contributed by atoms with van der Waals surface area (Å²) in [5.74, 6) is 0.773. The van der Waals surface area contributed by atoms with Crippen molar-refractivity contribution in [2.24, 2.45) is 17.9 Å². The van der Waals surface area contributed by atoms with Crippen LogP contribution in [0.15, 0.2) is 60.9 Å². The van der Waals surface area contributed by atoms with Gasteiger partial charge in [-0.05, 0) is 17.7 Å². The van der Waals surface area contributed by atoms with Gasteiger partial charge in [0.25, 0.3) is 0 Å². The second-order valence-corrected chi connectivity index (χ2v) is 16.7. The molecule has 13 heteroatoms. The third-order valence-corrected chi connectivity index (χ3v) is 12.6. The minimum Gasteiger partial charge on any atom is -0.480 e. The summed E-state index contributed by atoms with van der Waals surface area (Å²) in [6.07, 6.45) is 3.92. The number of methoxy groups -OCH3 is 1. The van der Waals surface area contributed by atoms with Crippen molar-refractivity contribution in [2.75, 3.05) is 59.5 Å². The standard InChI is InChI=1S/C41H42Cl2N8O3/c1-25(52)50-21-40(22-50)17-48(18-40)15-27-14-47(3)38-28(27)11-12-33(45-38)31-9-5-7-29(36(31)42)30-8-6-10-32(37(30)43)34-13-44-35(39(46-34)54-4)16-49-19-41(20-49)23-51(24-41)26(2)53/h5-14H,15-24H2,1-4H3. The summed E-state index contributed by atoms with van der Waals surface area (Å²) >= 11 is 14.4. The van der Waals surface area contributed by atoms with Crippen molar-refractivity contribution < 1.29 is 14.3 Å². The molecule has 3 aromatic heterocycles. The number of hydrogen-bond acceptors (Lipinski definition) is 8. The number of likely N-dealkylation sites (tertiary alicyclic amines) is 4. The molecule has 4 aliphatic heterocycles. The Morgan fingerprint density at radius 3 is 1.81 bits per heavy atom. The lowest BCUT2D eigenvalue weighted by molar-refractivity contribution is -0.158. The van der Waals surface area contributed by atoms with Crippen LogP contribution >= 0.6 is 23.2 Å². The highest BCUT2D eigenvalue weighted by atomic mass is 35.5. The Labute approximate surface area is 324 Å². The van der Waals surface area contributed by atoms with Gasteiger partial charge >= 0.3 is 0 Å². The molecule has 4 aliphatic rings. The van der Waals surface area contributed by atoms with E-state index in [1.165, 1.54) is 5.56 Å².